The van der Waals surface area contributed by atoms with Crippen LogP contribution in [-0.4, -0.2) is 13.1 Å². The fourth-order valence-electron chi connectivity index (χ4n) is 3.34. The summed E-state index contributed by atoms with van der Waals surface area (Å²) in [6, 6.07) is 8.89. The molecule has 1 nitrogen and oxygen atoms in total. The van der Waals surface area contributed by atoms with Gasteiger partial charge in [0, 0.05) is 0 Å². The molecule has 2 aliphatic rings. The van der Waals surface area contributed by atoms with Crippen LogP contribution in [0.1, 0.15) is 43.2 Å². The van der Waals surface area contributed by atoms with Crippen molar-refractivity contribution in [2.45, 2.75) is 38.5 Å². The summed E-state index contributed by atoms with van der Waals surface area (Å²) in [6.45, 7) is 2.46. The first-order chi connectivity index (χ1) is 8.93. The lowest BCUT2D eigenvalue weighted by molar-refractivity contribution is 0.348. The number of halogens is 1. The monoisotopic (exact) mass is 277 g/mol. The summed E-state index contributed by atoms with van der Waals surface area (Å²) in [5.74, 6) is 0.975. The molecule has 1 aromatic carbocycles. The van der Waals surface area contributed by atoms with Crippen molar-refractivity contribution in [3.05, 3.63) is 41.5 Å². The Bertz CT molecular complexity index is 433. The molecule has 0 unspecified atom stereocenters. The average molecular weight is 278 g/mol. The number of fused-ring (bicyclic) bond motifs is 1. The van der Waals surface area contributed by atoms with Crippen LogP contribution >= 0.6 is 12.4 Å². The summed E-state index contributed by atoms with van der Waals surface area (Å²) in [5, 5.41) is 3.45. The molecule has 3 rings (SSSR count). The Morgan fingerprint density at radius 3 is 2.74 bits per heavy atom. The first-order valence-corrected chi connectivity index (χ1v) is 7.41. The van der Waals surface area contributed by atoms with Crippen molar-refractivity contribution in [1.29, 1.82) is 0 Å². The molecule has 2 heteroatoms. The minimum absolute atomic E-state index is 0. The molecule has 0 spiro atoms. The number of benzene rings is 1. The third kappa shape index (κ3) is 3.61. The summed E-state index contributed by atoms with van der Waals surface area (Å²) >= 11 is 0. The summed E-state index contributed by atoms with van der Waals surface area (Å²) < 4.78 is 0. The minimum atomic E-state index is 0. The molecule has 0 bridgehead atoms. The lowest BCUT2D eigenvalue weighted by Crippen LogP contribution is -2.27. The van der Waals surface area contributed by atoms with E-state index < -0.39 is 0 Å². The predicted octanol–water partition coefficient (Wildman–Crippen LogP) is 4.22. The van der Waals surface area contributed by atoms with Crippen LogP contribution in [0.4, 0.5) is 0 Å². The molecular weight excluding hydrogens is 254 g/mol. The molecular formula is C17H24ClN. The molecule has 0 atom stereocenters. The quantitative estimate of drug-likeness (QED) is 0.869. The van der Waals surface area contributed by atoms with E-state index in [1.807, 2.05) is 0 Å². The minimum Gasteiger partial charge on any atom is -0.317 e. The number of rotatable bonds is 4. The van der Waals surface area contributed by atoms with Crippen molar-refractivity contribution < 1.29 is 0 Å². The highest BCUT2D eigenvalue weighted by molar-refractivity contribution is 5.85. The molecule has 1 saturated heterocycles. The standard InChI is InChI=1S/C17H23N.ClH/c1-2-7-17-15(5-1)8-9-16(17)6-3-4-14-10-12-18-13-11-14;/h1-2,5,7,9,14,18H,3-4,6,8,10-13H2;1H. The topological polar surface area (TPSA) is 12.0 Å². The molecule has 1 N–H and O–H groups in total. The Labute approximate surface area is 122 Å². The van der Waals surface area contributed by atoms with Gasteiger partial charge in [-0.2, -0.15) is 0 Å². The fourth-order valence-corrected chi connectivity index (χ4v) is 3.34. The fraction of sp³-hybridized carbons (Fsp3) is 0.529. The van der Waals surface area contributed by atoms with Crippen molar-refractivity contribution in [3.8, 4) is 0 Å². The van der Waals surface area contributed by atoms with Crippen LogP contribution in [0.5, 0.6) is 0 Å². The van der Waals surface area contributed by atoms with Crippen LogP contribution in [0.2, 0.25) is 0 Å². The molecule has 1 aliphatic heterocycles. The molecule has 1 aliphatic carbocycles. The van der Waals surface area contributed by atoms with E-state index in [9.17, 15) is 0 Å². The highest BCUT2D eigenvalue weighted by Gasteiger charge is 2.15. The van der Waals surface area contributed by atoms with Crippen molar-refractivity contribution in [1.82, 2.24) is 5.32 Å². The summed E-state index contributed by atoms with van der Waals surface area (Å²) in [7, 11) is 0. The maximum atomic E-state index is 3.45. The van der Waals surface area contributed by atoms with Gasteiger partial charge in [0.1, 0.15) is 0 Å². The molecule has 1 heterocycles. The Morgan fingerprint density at radius 2 is 1.89 bits per heavy atom. The molecule has 1 fully saturated rings. The van der Waals surface area contributed by atoms with Gasteiger partial charge in [0.2, 0.25) is 0 Å². The molecule has 104 valence electrons. The normalized spacial score (nSPS) is 18.6. The Morgan fingerprint density at radius 1 is 1.11 bits per heavy atom. The Kier molecular flexibility index (Phi) is 5.47. The zero-order chi connectivity index (χ0) is 12.2. The van der Waals surface area contributed by atoms with E-state index in [1.54, 1.807) is 5.57 Å². The van der Waals surface area contributed by atoms with Crippen molar-refractivity contribution in [2.24, 2.45) is 5.92 Å². The van der Waals surface area contributed by atoms with Crippen LogP contribution in [0.3, 0.4) is 0 Å². The molecule has 0 amide bonds. The second-order valence-corrected chi connectivity index (χ2v) is 5.68. The lowest BCUT2D eigenvalue weighted by Gasteiger charge is -2.22. The van der Waals surface area contributed by atoms with Crippen LogP contribution in [0.25, 0.3) is 5.57 Å². The van der Waals surface area contributed by atoms with Crippen LogP contribution < -0.4 is 5.32 Å². The highest BCUT2D eigenvalue weighted by atomic mass is 35.5. The number of nitrogens with one attached hydrogen (secondary N) is 1. The number of hydrogen-bond acceptors (Lipinski definition) is 1. The van der Waals surface area contributed by atoms with Crippen molar-refractivity contribution in [2.75, 3.05) is 13.1 Å². The third-order valence-corrected chi connectivity index (χ3v) is 4.45. The SMILES string of the molecule is C1=C(CCCC2CCNCC2)c2ccccc2C1.Cl. The smallest absolute Gasteiger partial charge is 0.00463 e. The second kappa shape index (κ2) is 7.12. The zero-order valence-electron chi connectivity index (χ0n) is 11.5. The molecule has 19 heavy (non-hydrogen) atoms. The van der Waals surface area contributed by atoms with E-state index in [0.717, 1.165) is 12.3 Å². The zero-order valence-corrected chi connectivity index (χ0v) is 12.3. The maximum absolute atomic E-state index is 3.45. The molecule has 0 aromatic heterocycles. The molecule has 0 radical (unpaired) electrons. The van der Waals surface area contributed by atoms with Gasteiger partial charge in [-0.05, 0) is 67.8 Å². The van der Waals surface area contributed by atoms with Gasteiger partial charge in [-0.3, -0.25) is 0 Å². The Hall–Kier alpha value is -0.790. The largest absolute Gasteiger partial charge is 0.317 e. The van der Waals surface area contributed by atoms with E-state index in [2.05, 4.69) is 35.7 Å². The van der Waals surface area contributed by atoms with E-state index >= 15 is 0 Å². The van der Waals surface area contributed by atoms with Gasteiger partial charge < -0.3 is 5.32 Å². The van der Waals surface area contributed by atoms with Gasteiger partial charge in [-0.1, -0.05) is 36.8 Å². The van der Waals surface area contributed by atoms with Gasteiger partial charge >= 0.3 is 0 Å². The number of allylic oxidation sites excluding steroid dienone is 2. The second-order valence-electron chi connectivity index (χ2n) is 5.68. The third-order valence-electron chi connectivity index (χ3n) is 4.45. The van der Waals surface area contributed by atoms with Gasteiger partial charge in [0.25, 0.3) is 0 Å². The van der Waals surface area contributed by atoms with E-state index in [4.69, 9.17) is 0 Å². The average Bonchev–Trinajstić information content (AvgIpc) is 2.84. The van der Waals surface area contributed by atoms with E-state index in [0.29, 0.717) is 0 Å². The van der Waals surface area contributed by atoms with E-state index in [-0.39, 0.29) is 12.4 Å². The van der Waals surface area contributed by atoms with Crippen LogP contribution in [0, 0.1) is 5.92 Å². The summed E-state index contributed by atoms with van der Waals surface area (Å²) in [4.78, 5) is 0. The van der Waals surface area contributed by atoms with Crippen molar-refractivity contribution >= 4 is 18.0 Å². The molecule has 1 aromatic rings. The van der Waals surface area contributed by atoms with Gasteiger partial charge in [-0.15, -0.1) is 12.4 Å². The summed E-state index contributed by atoms with van der Waals surface area (Å²) in [5.41, 5.74) is 4.64. The maximum Gasteiger partial charge on any atom is -0.00463 e. The van der Waals surface area contributed by atoms with Gasteiger partial charge in [-0.25, -0.2) is 0 Å². The Balaban J connectivity index is 0.00000133. The molecule has 0 saturated carbocycles. The number of piperidine rings is 1. The first-order valence-electron chi connectivity index (χ1n) is 7.41. The summed E-state index contributed by atoms with van der Waals surface area (Å²) in [6.07, 6.45) is 10.4. The first kappa shape index (κ1) is 14.6. The van der Waals surface area contributed by atoms with Gasteiger partial charge in [0.15, 0.2) is 0 Å². The number of hydrogen-bond donors (Lipinski definition) is 1. The van der Waals surface area contributed by atoms with Crippen molar-refractivity contribution in [3.63, 3.8) is 0 Å². The van der Waals surface area contributed by atoms with E-state index in [1.165, 1.54) is 56.3 Å². The highest BCUT2D eigenvalue weighted by Crippen LogP contribution is 2.31. The lowest BCUT2D eigenvalue weighted by atomic mass is 9.91. The van der Waals surface area contributed by atoms with Crippen LogP contribution in [0.15, 0.2) is 30.3 Å². The van der Waals surface area contributed by atoms with Gasteiger partial charge in [0.05, 0.1) is 0 Å². The predicted molar refractivity (Wildman–Crippen MR) is 84.8 cm³/mol. The van der Waals surface area contributed by atoms with Crippen LogP contribution in [-0.2, 0) is 6.42 Å².